The Bertz CT molecular complexity index is 795. The van der Waals surface area contributed by atoms with Crippen LogP contribution < -0.4 is 5.32 Å². The number of benzene rings is 2. The zero-order chi connectivity index (χ0) is 15.0. The molecule has 3 rings (SSSR count). The number of rotatable bonds is 3. The van der Waals surface area contributed by atoms with Gasteiger partial charge in [-0.2, -0.15) is 0 Å². The van der Waals surface area contributed by atoms with Crippen molar-refractivity contribution < 1.29 is 13.2 Å². The van der Waals surface area contributed by atoms with Crippen molar-refractivity contribution in [2.24, 2.45) is 0 Å². The minimum Gasteiger partial charge on any atom is -0.456 e. The summed E-state index contributed by atoms with van der Waals surface area (Å²) in [4.78, 5) is 0. The lowest BCUT2D eigenvalue weighted by Gasteiger charge is -2.11. The first-order chi connectivity index (χ1) is 10.1. The fourth-order valence-electron chi connectivity index (χ4n) is 2.31. The van der Waals surface area contributed by atoms with Crippen LogP contribution in [-0.4, -0.2) is 7.05 Å². The summed E-state index contributed by atoms with van der Waals surface area (Å²) in [6.45, 7) is 1.99. The number of furan rings is 1. The maximum Gasteiger partial charge on any atom is 0.138 e. The summed E-state index contributed by atoms with van der Waals surface area (Å²) in [5.41, 5.74) is 1.88. The smallest absolute Gasteiger partial charge is 0.138 e. The summed E-state index contributed by atoms with van der Waals surface area (Å²) in [5.74, 6) is -0.298. The van der Waals surface area contributed by atoms with Gasteiger partial charge in [0.25, 0.3) is 0 Å². The highest BCUT2D eigenvalue weighted by atomic mass is 19.1. The maximum atomic E-state index is 14.1. The molecule has 108 valence electrons. The van der Waals surface area contributed by atoms with Crippen LogP contribution in [0.5, 0.6) is 0 Å². The molecule has 0 aliphatic carbocycles. The van der Waals surface area contributed by atoms with E-state index in [1.807, 2.05) is 14.0 Å². The van der Waals surface area contributed by atoms with Gasteiger partial charge in [0.15, 0.2) is 0 Å². The normalized spacial score (nSPS) is 12.8. The molecule has 0 bridgehead atoms. The van der Waals surface area contributed by atoms with Crippen LogP contribution in [0.4, 0.5) is 8.78 Å². The van der Waals surface area contributed by atoms with E-state index in [1.165, 1.54) is 18.2 Å². The van der Waals surface area contributed by atoms with E-state index < -0.39 is 0 Å². The third kappa shape index (κ3) is 2.54. The monoisotopic (exact) mass is 287 g/mol. The van der Waals surface area contributed by atoms with E-state index in [-0.39, 0.29) is 17.7 Å². The third-order valence-corrected chi connectivity index (χ3v) is 3.67. The van der Waals surface area contributed by atoms with Gasteiger partial charge in [0.1, 0.15) is 23.0 Å². The molecular formula is C17H15F2NO. The fraction of sp³-hybridized carbons (Fsp3) is 0.176. The minimum absolute atomic E-state index is 0.103. The Kier molecular flexibility index (Phi) is 3.47. The van der Waals surface area contributed by atoms with Crippen molar-refractivity contribution in [2.45, 2.75) is 13.0 Å². The van der Waals surface area contributed by atoms with Crippen molar-refractivity contribution in [3.63, 3.8) is 0 Å². The van der Waals surface area contributed by atoms with E-state index in [1.54, 1.807) is 24.3 Å². The first-order valence-electron chi connectivity index (χ1n) is 6.74. The van der Waals surface area contributed by atoms with Gasteiger partial charge < -0.3 is 9.73 Å². The molecule has 0 aliphatic rings. The summed E-state index contributed by atoms with van der Waals surface area (Å²) < 4.78 is 32.9. The second-order valence-electron chi connectivity index (χ2n) is 5.04. The van der Waals surface area contributed by atoms with Gasteiger partial charge >= 0.3 is 0 Å². The third-order valence-electron chi connectivity index (χ3n) is 3.67. The van der Waals surface area contributed by atoms with Crippen molar-refractivity contribution in [3.8, 4) is 11.3 Å². The van der Waals surface area contributed by atoms with Gasteiger partial charge in [-0.05, 0) is 55.9 Å². The Labute approximate surface area is 121 Å². The Balaban J connectivity index is 2.12. The van der Waals surface area contributed by atoms with Gasteiger partial charge in [0.05, 0.1) is 5.56 Å². The molecule has 3 aromatic rings. The van der Waals surface area contributed by atoms with Crippen molar-refractivity contribution >= 4 is 11.0 Å². The number of halogens is 2. The summed E-state index contributed by atoms with van der Waals surface area (Å²) in [7, 11) is 1.84. The van der Waals surface area contributed by atoms with Crippen LogP contribution in [0.3, 0.4) is 0 Å². The SMILES string of the molecule is CNC(C)c1ccc(F)c(-c2cc3cc(F)ccc3o2)c1. The molecule has 4 heteroatoms. The zero-order valence-electron chi connectivity index (χ0n) is 11.8. The molecule has 21 heavy (non-hydrogen) atoms. The first-order valence-corrected chi connectivity index (χ1v) is 6.74. The predicted octanol–water partition coefficient (Wildman–Crippen LogP) is 4.66. The van der Waals surface area contributed by atoms with Gasteiger partial charge in [-0.15, -0.1) is 0 Å². The molecule has 0 saturated carbocycles. The fourth-order valence-corrected chi connectivity index (χ4v) is 2.31. The van der Waals surface area contributed by atoms with Crippen LogP contribution in [-0.2, 0) is 0 Å². The average molecular weight is 287 g/mol. The summed E-state index contributed by atoms with van der Waals surface area (Å²) in [6.07, 6.45) is 0. The van der Waals surface area contributed by atoms with Crippen molar-refractivity contribution in [3.05, 3.63) is 59.7 Å². The minimum atomic E-state index is -0.360. The van der Waals surface area contributed by atoms with E-state index >= 15 is 0 Å². The number of hydrogen-bond acceptors (Lipinski definition) is 2. The molecular weight excluding hydrogens is 272 g/mol. The molecule has 1 atom stereocenters. The largest absolute Gasteiger partial charge is 0.456 e. The van der Waals surface area contributed by atoms with E-state index in [9.17, 15) is 8.78 Å². The van der Waals surface area contributed by atoms with Crippen molar-refractivity contribution in [1.29, 1.82) is 0 Å². The van der Waals surface area contributed by atoms with Crippen LogP contribution in [0, 0.1) is 11.6 Å². The lowest BCUT2D eigenvalue weighted by molar-refractivity contribution is 0.595. The Hall–Kier alpha value is -2.20. The highest BCUT2D eigenvalue weighted by Crippen LogP contribution is 2.31. The van der Waals surface area contributed by atoms with Crippen molar-refractivity contribution in [2.75, 3.05) is 7.05 Å². The highest BCUT2D eigenvalue weighted by molar-refractivity contribution is 5.83. The molecule has 1 aromatic heterocycles. The van der Waals surface area contributed by atoms with Crippen LogP contribution in [0.25, 0.3) is 22.3 Å². The second kappa shape index (κ2) is 5.30. The van der Waals surface area contributed by atoms with E-state index in [2.05, 4.69) is 5.32 Å². The summed E-state index contributed by atoms with van der Waals surface area (Å²) in [5, 5.41) is 3.73. The molecule has 0 fully saturated rings. The van der Waals surface area contributed by atoms with Crippen LogP contribution in [0.15, 0.2) is 46.9 Å². The molecule has 0 spiro atoms. The van der Waals surface area contributed by atoms with Crippen molar-refractivity contribution in [1.82, 2.24) is 5.32 Å². The topological polar surface area (TPSA) is 25.2 Å². The molecule has 0 amide bonds. The maximum absolute atomic E-state index is 14.1. The van der Waals surface area contributed by atoms with E-state index in [0.717, 1.165) is 5.56 Å². The Morgan fingerprint density at radius 2 is 1.86 bits per heavy atom. The lowest BCUT2D eigenvalue weighted by atomic mass is 10.0. The second-order valence-corrected chi connectivity index (χ2v) is 5.04. The molecule has 0 saturated heterocycles. The number of nitrogens with one attached hydrogen (secondary N) is 1. The van der Waals surface area contributed by atoms with Gasteiger partial charge in [0, 0.05) is 11.4 Å². The number of hydrogen-bond donors (Lipinski definition) is 1. The highest BCUT2D eigenvalue weighted by Gasteiger charge is 2.14. The average Bonchev–Trinajstić information content (AvgIpc) is 2.89. The van der Waals surface area contributed by atoms with Crippen LogP contribution in [0.2, 0.25) is 0 Å². The van der Waals surface area contributed by atoms with E-state index in [4.69, 9.17) is 4.42 Å². The molecule has 1 heterocycles. The lowest BCUT2D eigenvalue weighted by Crippen LogP contribution is -2.12. The van der Waals surface area contributed by atoms with Gasteiger partial charge in [0.2, 0.25) is 0 Å². The quantitative estimate of drug-likeness (QED) is 0.758. The zero-order valence-corrected chi connectivity index (χ0v) is 11.8. The molecule has 2 nitrogen and oxygen atoms in total. The van der Waals surface area contributed by atoms with Gasteiger partial charge in [-0.25, -0.2) is 8.78 Å². The van der Waals surface area contributed by atoms with Crippen LogP contribution >= 0.6 is 0 Å². The molecule has 0 radical (unpaired) electrons. The molecule has 2 aromatic carbocycles. The standard InChI is InChI=1S/C17H15F2NO/c1-10(20-2)11-3-5-15(19)14(8-11)17-9-12-7-13(18)4-6-16(12)21-17/h3-10,20H,1-2H3. The molecule has 0 aliphatic heterocycles. The van der Waals surface area contributed by atoms with Gasteiger partial charge in [-0.1, -0.05) is 6.07 Å². The first kappa shape index (κ1) is 13.8. The van der Waals surface area contributed by atoms with Gasteiger partial charge in [-0.3, -0.25) is 0 Å². The predicted molar refractivity (Wildman–Crippen MR) is 79.0 cm³/mol. The Morgan fingerprint density at radius 3 is 2.62 bits per heavy atom. The molecule has 1 N–H and O–H groups in total. The molecule has 1 unspecified atom stereocenters. The number of fused-ring (bicyclic) bond motifs is 1. The Morgan fingerprint density at radius 1 is 1.05 bits per heavy atom. The van der Waals surface area contributed by atoms with Crippen LogP contribution in [0.1, 0.15) is 18.5 Å². The summed E-state index contributed by atoms with van der Waals surface area (Å²) >= 11 is 0. The summed E-state index contributed by atoms with van der Waals surface area (Å²) in [6, 6.07) is 10.9. The van der Waals surface area contributed by atoms with E-state index in [0.29, 0.717) is 22.3 Å².